The molecule has 1 aromatic rings. The van der Waals surface area contributed by atoms with Gasteiger partial charge in [-0.3, -0.25) is 0 Å². The van der Waals surface area contributed by atoms with Crippen molar-refractivity contribution in [2.75, 3.05) is 0 Å². The third-order valence-corrected chi connectivity index (χ3v) is 11.7. The third kappa shape index (κ3) is 3.56. The third-order valence-electron chi connectivity index (χ3n) is 11.7. The minimum Gasteiger partial charge on any atom is -0.490 e. The average molecular weight is 463 g/mol. The molecule has 33 heavy (non-hydrogen) atoms. The van der Waals surface area contributed by atoms with Crippen LogP contribution in [0.4, 0.5) is 13.2 Å². The Morgan fingerprint density at radius 2 is 1.55 bits per heavy atom. The molecule has 4 fully saturated rings. The molecule has 4 aliphatic rings. The van der Waals surface area contributed by atoms with Gasteiger partial charge in [-0.15, -0.1) is 0 Å². The van der Waals surface area contributed by atoms with Crippen LogP contribution in [0.2, 0.25) is 0 Å². The van der Waals surface area contributed by atoms with Crippen molar-refractivity contribution in [1.82, 2.24) is 0 Å². The van der Waals surface area contributed by atoms with Gasteiger partial charge >= 0.3 is 6.18 Å². The lowest BCUT2D eigenvalue weighted by Gasteiger charge is -2.67. The van der Waals surface area contributed by atoms with Crippen molar-refractivity contribution in [2.45, 2.75) is 98.3 Å². The molecular formula is C29H41F3O. The zero-order valence-corrected chi connectivity index (χ0v) is 21.0. The van der Waals surface area contributed by atoms with Gasteiger partial charge in [0.05, 0.1) is 11.7 Å². The molecule has 0 aliphatic heterocycles. The predicted octanol–water partition coefficient (Wildman–Crippen LogP) is 8.77. The van der Waals surface area contributed by atoms with E-state index in [9.17, 15) is 13.2 Å². The van der Waals surface area contributed by atoms with E-state index in [1.165, 1.54) is 50.7 Å². The zero-order chi connectivity index (χ0) is 23.8. The van der Waals surface area contributed by atoms with Crippen LogP contribution in [0.5, 0.6) is 5.75 Å². The number of rotatable bonds is 2. The summed E-state index contributed by atoms with van der Waals surface area (Å²) in [5.74, 6) is 4.42. The van der Waals surface area contributed by atoms with Gasteiger partial charge in [-0.2, -0.15) is 13.2 Å². The first-order chi connectivity index (χ1) is 15.4. The lowest BCUT2D eigenvalue weighted by atomic mass is 9.38. The Kier molecular flexibility index (Phi) is 5.46. The molecule has 184 valence electrons. The molecule has 8 atom stereocenters. The molecule has 0 N–H and O–H groups in total. The van der Waals surface area contributed by atoms with E-state index < -0.39 is 11.7 Å². The average Bonchev–Trinajstić information content (AvgIpc) is 3.07. The molecule has 4 aliphatic carbocycles. The van der Waals surface area contributed by atoms with Crippen molar-refractivity contribution in [3.8, 4) is 5.75 Å². The van der Waals surface area contributed by atoms with Crippen molar-refractivity contribution in [1.29, 1.82) is 0 Å². The Bertz CT molecular complexity index is 874. The second-order valence-electron chi connectivity index (χ2n) is 13.0. The molecule has 0 radical (unpaired) electrons. The lowest BCUT2D eigenvalue weighted by molar-refractivity contribution is -0.180. The molecule has 0 aromatic heterocycles. The maximum absolute atomic E-state index is 12.9. The Balaban J connectivity index is 1.35. The van der Waals surface area contributed by atoms with Crippen LogP contribution in [0.3, 0.4) is 0 Å². The largest absolute Gasteiger partial charge is 0.490 e. The quantitative estimate of drug-likeness (QED) is 0.427. The zero-order valence-electron chi connectivity index (χ0n) is 21.0. The van der Waals surface area contributed by atoms with Crippen molar-refractivity contribution < 1.29 is 17.9 Å². The number of fused-ring (bicyclic) bond motifs is 5. The molecular weight excluding hydrogens is 421 g/mol. The highest BCUT2D eigenvalue weighted by Gasteiger charge is 2.64. The maximum atomic E-state index is 12.9. The van der Waals surface area contributed by atoms with Crippen LogP contribution in [0.1, 0.15) is 91.5 Å². The minimum atomic E-state index is -4.30. The predicted molar refractivity (Wildman–Crippen MR) is 126 cm³/mol. The first kappa shape index (κ1) is 23.5. The van der Waals surface area contributed by atoms with Gasteiger partial charge in [0.25, 0.3) is 0 Å². The molecule has 4 saturated carbocycles. The number of alkyl halides is 3. The maximum Gasteiger partial charge on any atom is 0.416 e. The summed E-state index contributed by atoms with van der Waals surface area (Å²) in [5, 5.41) is 0. The van der Waals surface area contributed by atoms with Crippen LogP contribution in [0.15, 0.2) is 24.3 Å². The SMILES string of the molecule is CC1CC[C@@H]2CC[C@H]3[C@@H]4C[C@@H](Oc5ccc(C(F)(F)F)cc5)C[C@@]4(C)CC[C@@H]3[C@@]2(C)C1(C)C. The van der Waals surface area contributed by atoms with Crippen LogP contribution in [-0.4, -0.2) is 6.10 Å². The van der Waals surface area contributed by atoms with Gasteiger partial charge in [-0.25, -0.2) is 0 Å². The molecule has 0 amide bonds. The Labute approximate surface area is 197 Å². The summed E-state index contributed by atoms with van der Waals surface area (Å²) in [7, 11) is 0. The highest BCUT2D eigenvalue weighted by molar-refractivity contribution is 5.29. The van der Waals surface area contributed by atoms with Crippen LogP contribution in [0, 0.1) is 45.8 Å². The number of hydrogen-bond acceptors (Lipinski definition) is 1. The molecule has 1 unspecified atom stereocenters. The van der Waals surface area contributed by atoms with Gasteiger partial charge in [-0.1, -0.05) is 34.6 Å². The summed E-state index contributed by atoms with van der Waals surface area (Å²) in [4.78, 5) is 0. The topological polar surface area (TPSA) is 9.23 Å². The highest BCUT2D eigenvalue weighted by Crippen LogP contribution is 2.71. The molecule has 0 saturated heterocycles. The van der Waals surface area contributed by atoms with Crippen LogP contribution in [0.25, 0.3) is 0 Å². The minimum absolute atomic E-state index is 0.110. The van der Waals surface area contributed by atoms with Gasteiger partial charge in [0.2, 0.25) is 0 Å². The van der Waals surface area contributed by atoms with E-state index in [0.29, 0.717) is 27.9 Å². The van der Waals surface area contributed by atoms with E-state index in [1.54, 1.807) is 0 Å². The van der Waals surface area contributed by atoms with Gasteiger partial charge in [0, 0.05) is 0 Å². The summed E-state index contributed by atoms with van der Waals surface area (Å²) >= 11 is 0. The summed E-state index contributed by atoms with van der Waals surface area (Å²) in [6.07, 6.45) is 5.96. The van der Waals surface area contributed by atoms with Crippen molar-refractivity contribution in [2.24, 2.45) is 45.8 Å². The molecule has 1 nitrogen and oxygen atoms in total. The molecule has 4 heteroatoms. The first-order valence-corrected chi connectivity index (χ1v) is 13.2. The molecule has 1 aromatic carbocycles. The van der Waals surface area contributed by atoms with Crippen molar-refractivity contribution in [3.63, 3.8) is 0 Å². The van der Waals surface area contributed by atoms with E-state index in [4.69, 9.17) is 4.74 Å². The van der Waals surface area contributed by atoms with Gasteiger partial charge < -0.3 is 4.74 Å². The van der Waals surface area contributed by atoms with Gasteiger partial charge in [0.1, 0.15) is 5.75 Å². The van der Waals surface area contributed by atoms with E-state index in [-0.39, 0.29) is 6.10 Å². The van der Waals surface area contributed by atoms with E-state index in [2.05, 4.69) is 34.6 Å². The van der Waals surface area contributed by atoms with E-state index in [0.717, 1.165) is 48.6 Å². The fraction of sp³-hybridized carbons (Fsp3) is 0.793. The van der Waals surface area contributed by atoms with Crippen LogP contribution < -0.4 is 4.74 Å². The summed E-state index contributed by atoms with van der Waals surface area (Å²) in [5.41, 5.74) is 0.452. The van der Waals surface area contributed by atoms with E-state index in [1.807, 2.05) is 0 Å². The fourth-order valence-corrected chi connectivity index (χ4v) is 9.22. The summed E-state index contributed by atoms with van der Waals surface area (Å²) < 4.78 is 45.1. The smallest absolute Gasteiger partial charge is 0.416 e. The summed E-state index contributed by atoms with van der Waals surface area (Å²) in [6, 6.07) is 5.27. The van der Waals surface area contributed by atoms with Crippen LogP contribution >= 0.6 is 0 Å². The van der Waals surface area contributed by atoms with E-state index >= 15 is 0 Å². The highest BCUT2D eigenvalue weighted by atomic mass is 19.4. The number of hydrogen-bond donors (Lipinski definition) is 0. The Morgan fingerprint density at radius 1 is 0.879 bits per heavy atom. The van der Waals surface area contributed by atoms with Crippen molar-refractivity contribution >= 4 is 0 Å². The normalized spacial score (nSPS) is 44.5. The van der Waals surface area contributed by atoms with Crippen LogP contribution in [-0.2, 0) is 6.18 Å². The molecule has 0 spiro atoms. The number of ether oxygens (including phenoxy) is 1. The Hall–Kier alpha value is -1.19. The first-order valence-electron chi connectivity index (χ1n) is 13.2. The van der Waals surface area contributed by atoms with Gasteiger partial charge in [-0.05, 0) is 121 Å². The van der Waals surface area contributed by atoms with Crippen molar-refractivity contribution in [3.05, 3.63) is 29.8 Å². The second kappa shape index (κ2) is 7.65. The standard InChI is InChI=1S/C29H41F3O/c1-18-6-7-19-10-13-23-24(28(19,5)26(18,2)3)14-15-27(4)17-22(16-25(23)27)33-21-11-8-20(9-12-21)29(30,31)32/h8-9,11-12,18-19,22-25H,6-7,10,13-17H2,1-5H3/t18?,19-,22-,23-,24+,25+,27-,28+/m1/s1. The molecule has 0 heterocycles. The number of benzene rings is 1. The van der Waals surface area contributed by atoms with Gasteiger partial charge in [0.15, 0.2) is 0 Å². The molecule has 0 bridgehead atoms. The second-order valence-corrected chi connectivity index (χ2v) is 13.0. The summed E-state index contributed by atoms with van der Waals surface area (Å²) in [6.45, 7) is 12.7. The Morgan fingerprint density at radius 3 is 2.21 bits per heavy atom. The number of halogens is 3. The fourth-order valence-electron chi connectivity index (χ4n) is 9.22. The lowest BCUT2D eigenvalue weighted by Crippen LogP contribution is -2.60. The monoisotopic (exact) mass is 462 g/mol. The molecule has 5 rings (SSSR count).